The third-order valence-corrected chi connectivity index (χ3v) is 3.66. The van der Waals surface area contributed by atoms with Gasteiger partial charge in [0, 0.05) is 13.0 Å². The number of anilines is 2. The van der Waals surface area contributed by atoms with Crippen LogP contribution in [0.5, 0.6) is 5.75 Å². The van der Waals surface area contributed by atoms with Crippen LogP contribution in [-0.2, 0) is 14.3 Å². The Bertz CT molecular complexity index is 571. The zero-order valence-electron chi connectivity index (χ0n) is 13.2. The molecule has 1 aliphatic rings. The molecule has 120 valence electrons. The minimum Gasteiger partial charge on any atom is -0.478 e. The SMILES string of the molecule is COC(=O)CCCN1C(=O)C(C(C)C)Oc2cccc(N)c21. The number of amides is 1. The van der Waals surface area contributed by atoms with Gasteiger partial charge in [-0.3, -0.25) is 9.59 Å². The van der Waals surface area contributed by atoms with E-state index in [1.807, 2.05) is 13.8 Å². The third-order valence-electron chi connectivity index (χ3n) is 3.66. The van der Waals surface area contributed by atoms with Crippen molar-refractivity contribution >= 4 is 23.3 Å². The van der Waals surface area contributed by atoms with Crippen LogP contribution in [0, 0.1) is 5.92 Å². The highest BCUT2D eigenvalue weighted by atomic mass is 16.5. The number of carbonyl (C=O) groups is 2. The van der Waals surface area contributed by atoms with Crippen molar-refractivity contribution in [3.8, 4) is 5.75 Å². The van der Waals surface area contributed by atoms with Gasteiger partial charge in [-0.05, 0) is 24.5 Å². The van der Waals surface area contributed by atoms with Gasteiger partial charge in [-0.1, -0.05) is 19.9 Å². The summed E-state index contributed by atoms with van der Waals surface area (Å²) in [7, 11) is 1.35. The van der Waals surface area contributed by atoms with E-state index >= 15 is 0 Å². The summed E-state index contributed by atoms with van der Waals surface area (Å²) in [6, 6.07) is 5.34. The molecule has 1 aromatic rings. The lowest BCUT2D eigenvalue weighted by atomic mass is 10.0. The van der Waals surface area contributed by atoms with Gasteiger partial charge in [-0.15, -0.1) is 0 Å². The number of benzene rings is 1. The van der Waals surface area contributed by atoms with Crippen LogP contribution in [0.1, 0.15) is 26.7 Å². The maximum Gasteiger partial charge on any atom is 0.305 e. The van der Waals surface area contributed by atoms with Crippen LogP contribution in [0.25, 0.3) is 0 Å². The first-order valence-electron chi connectivity index (χ1n) is 7.39. The molecule has 6 heteroatoms. The standard InChI is InChI=1S/C16H22N2O4/c1-10(2)15-16(20)18(9-5-8-13(19)21-3)14-11(17)6-4-7-12(14)22-15/h4,6-7,10,15H,5,8-9,17H2,1-3H3. The van der Waals surface area contributed by atoms with E-state index in [0.717, 1.165) is 0 Å². The first-order chi connectivity index (χ1) is 10.5. The quantitative estimate of drug-likeness (QED) is 0.664. The number of rotatable bonds is 5. The molecular formula is C16H22N2O4. The number of methoxy groups -OCH3 is 1. The first-order valence-corrected chi connectivity index (χ1v) is 7.39. The Hall–Kier alpha value is -2.24. The second-order valence-electron chi connectivity index (χ2n) is 5.65. The monoisotopic (exact) mass is 306 g/mol. The number of hydrogen-bond donors (Lipinski definition) is 1. The number of carbonyl (C=O) groups excluding carboxylic acids is 2. The summed E-state index contributed by atoms with van der Waals surface area (Å²) >= 11 is 0. The Morgan fingerprint density at radius 3 is 2.82 bits per heavy atom. The van der Waals surface area contributed by atoms with Crippen LogP contribution in [-0.4, -0.2) is 31.6 Å². The van der Waals surface area contributed by atoms with Crippen LogP contribution in [0.2, 0.25) is 0 Å². The van der Waals surface area contributed by atoms with Crippen molar-refractivity contribution < 1.29 is 19.1 Å². The minimum absolute atomic E-state index is 0.0465. The van der Waals surface area contributed by atoms with Crippen LogP contribution >= 0.6 is 0 Å². The number of ether oxygens (including phenoxy) is 2. The van der Waals surface area contributed by atoms with Gasteiger partial charge in [0.1, 0.15) is 11.4 Å². The zero-order chi connectivity index (χ0) is 16.3. The molecule has 0 saturated heterocycles. The summed E-state index contributed by atoms with van der Waals surface area (Å²) in [5.74, 6) is 0.245. The molecule has 0 spiro atoms. The Morgan fingerprint density at radius 2 is 2.18 bits per heavy atom. The van der Waals surface area contributed by atoms with Crippen molar-refractivity contribution in [2.75, 3.05) is 24.3 Å². The number of fused-ring (bicyclic) bond motifs is 1. The summed E-state index contributed by atoms with van der Waals surface area (Å²) in [4.78, 5) is 25.5. The van der Waals surface area contributed by atoms with E-state index in [1.54, 1.807) is 23.1 Å². The normalized spacial score (nSPS) is 17.2. The van der Waals surface area contributed by atoms with E-state index in [2.05, 4.69) is 4.74 Å². The summed E-state index contributed by atoms with van der Waals surface area (Å²) in [5, 5.41) is 0. The van der Waals surface area contributed by atoms with E-state index in [1.165, 1.54) is 7.11 Å². The number of para-hydroxylation sites is 1. The lowest BCUT2D eigenvalue weighted by molar-refractivity contribution is -0.140. The molecule has 22 heavy (non-hydrogen) atoms. The average Bonchev–Trinajstić information content (AvgIpc) is 2.48. The fraction of sp³-hybridized carbons (Fsp3) is 0.500. The van der Waals surface area contributed by atoms with Crippen LogP contribution in [0.15, 0.2) is 18.2 Å². The second kappa shape index (κ2) is 6.68. The number of esters is 1. The molecule has 1 aliphatic heterocycles. The largest absolute Gasteiger partial charge is 0.478 e. The van der Waals surface area contributed by atoms with Crippen molar-refractivity contribution in [3.63, 3.8) is 0 Å². The van der Waals surface area contributed by atoms with Crippen molar-refractivity contribution in [3.05, 3.63) is 18.2 Å². The number of nitrogens with zero attached hydrogens (tertiary/aromatic N) is 1. The molecular weight excluding hydrogens is 284 g/mol. The van der Waals surface area contributed by atoms with Crippen molar-refractivity contribution in [2.45, 2.75) is 32.8 Å². The van der Waals surface area contributed by atoms with Gasteiger partial charge in [-0.25, -0.2) is 0 Å². The predicted octanol–water partition coefficient (Wildman–Crippen LogP) is 1.97. The highest BCUT2D eigenvalue weighted by molar-refractivity contribution is 6.03. The maximum atomic E-state index is 12.7. The van der Waals surface area contributed by atoms with Gasteiger partial charge >= 0.3 is 5.97 Å². The zero-order valence-corrected chi connectivity index (χ0v) is 13.2. The van der Waals surface area contributed by atoms with Gasteiger partial charge in [0.25, 0.3) is 5.91 Å². The summed E-state index contributed by atoms with van der Waals surface area (Å²) in [6.07, 6.45) is 0.236. The van der Waals surface area contributed by atoms with Crippen molar-refractivity contribution in [1.82, 2.24) is 0 Å². The molecule has 0 bridgehead atoms. The predicted molar refractivity (Wildman–Crippen MR) is 83.7 cm³/mol. The van der Waals surface area contributed by atoms with E-state index in [0.29, 0.717) is 30.1 Å². The Morgan fingerprint density at radius 1 is 1.45 bits per heavy atom. The number of nitrogen functional groups attached to an aromatic ring is 1. The molecule has 1 heterocycles. The summed E-state index contributed by atoms with van der Waals surface area (Å²) < 4.78 is 10.4. The molecule has 1 amide bonds. The Kier molecular flexibility index (Phi) is 4.90. The molecule has 0 aliphatic carbocycles. The molecule has 0 aromatic heterocycles. The highest BCUT2D eigenvalue weighted by Crippen LogP contribution is 2.40. The summed E-state index contributed by atoms with van der Waals surface area (Å²) in [5.41, 5.74) is 7.09. The van der Waals surface area contributed by atoms with E-state index in [-0.39, 0.29) is 24.2 Å². The van der Waals surface area contributed by atoms with Gasteiger partial charge in [0.05, 0.1) is 12.8 Å². The lowest BCUT2D eigenvalue weighted by Crippen LogP contribution is -2.49. The molecule has 2 N–H and O–H groups in total. The van der Waals surface area contributed by atoms with Crippen LogP contribution in [0.4, 0.5) is 11.4 Å². The maximum absolute atomic E-state index is 12.7. The topological polar surface area (TPSA) is 81.9 Å². The van der Waals surface area contributed by atoms with Crippen LogP contribution < -0.4 is 15.4 Å². The molecule has 0 saturated carbocycles. The first kappa shape index (κ1) is 16.1. The van der Waals surface area contributed by atoms with E-state index in [9.17, 15) is 9.59 Å². The second-order valence-corrected chi connectivity index (χ2v) is 5.65. The Labute approximate surface area is 130 Å². The number of hydrogen-bond acceptors (Lipinski definition) is 5. The molecule has 0 fully saturated rings. The highest BCUT2D eigenvalue weighted by Gasteiger charge is 2.37. The van der Waals surface area contributed by atoms with Crippen LogP contribution in [0.3, 0.4) is 0 Å². The molecule has 1 unspecified atom stereocenters. The fourth-order valence-corrected chi connectivity index (χ4v) is 2.50. The molecule has 2 rings (SSSR count). The smallest absolute Gasteiger partial charge is 0.305 e. The van der Waals surface area contributed by atoms with Gasteiger partial charge in [0.2, 0.25) is 0 Å². The van der Waals surface area contributed by atoms with Gasteiger partial charge < -0.3 is 20.1 Å². The minimum atomic E-state index is -0.535. The lowest BCUT2D eigenvalue weighted by Gasteiger charge is -2.36. The third kappa shape index (κ3) is 3.16. The van der Waals surface area contributed by atoms with E-state index < -0.39 is 6.10 Å². The van der Waals surface area contributed by atoms with Gasteiger partial charge in [-0.2, -0.15) is 0 Å². The average molecular weight is 306 g/mol. The molecule has 0 radical (unpaired) electrons. The molecule has 6 nitrogen and oxygen atoms in total. The van der Waals surface area contributed by atoms with E-state index in [4.69, 9.17) is 10.5 Å². The number of nitrogens with two attached hydrogens (primary N) is 1. The van der Waals surface area contributed by atoms with Crippen molar-refractivity contribution in [1.29, 1.82) is 0 Å². The van der Waals surface area contributed by atoms with Gasteiger partial charge in [0.15, 0.2) is 6.10 Å². The summed E-state index contributed by atoms with van der Waals surface area (Å²) in [6.45, 7) is 4.28. The molecule has 1 aromatic carbocycles. The van der Waals surface area contributed by atoms with Crippen molar-refractivity contribution in [2.24, 2.45) is 5.92 Å². The Balaban J connectivity index is 2.25. The molecule has 1 atom stereocenters. The fourth-order valence-electron chi connectivity index (χ4n) is 2.50.